The predicted octanol–water partition coefficient (Wildman–Crippen LogP) is 12.3. The van der Waals surface area contributed by atoms with Gasteiger partial charge in [0.1, 0.15) is 33.1 Å². The van der Waals surface area contributed by atoms with E-state index in [0.717, 1.165) is 45.3 Å². The summed E-state index contributed by atoms with van der Waals surface area (Å²) >= 11 is 0. The zero-order valence-electron chi connectivity index (χ0n) is 35.7. The van der Waals surface area contributed by atoms with Gasteiger partial charge in [0.15, 0.2) is 22.6 Å². The standard InChI is InChI=1S/C54H36N12/c1-33-11-9-17-41(31-33)65(37-13-5-3-6-14-37)39-23-19-35(20-24-39)43-44(36-21-25-40(26-22-36)66(38-15-7-4-8-16-38)42-18-10-12-34(2)32-42)60-46-45(59-43)47-49(63-53-51(61-47)55-27-29-57-53)50-48(46)62-52-54(64-50)58-30-28-56-52/h3-32H,1-2H3. The lowest BCUT2D eigenvalue weighted by molar-refractivity contribution is 1.18. The second kappa shape index (κ2) is 15.9. The summed E-state index contributed by atoms with van der Waals surface area (Å²) in [6.07, 6.45) is 6.39. The van der Waals surface area contributed by atoms with Gasteiger partial charge in [-0.15, -0.1) is 0 Å². The molecule has 12 heteroatoms. The van der Waals surface area contributed by atoms with Crippen LogP contribution in [0.2, 0.25) is 0 Å². The molecule has 7 aromatic carbocycles. The molecule has 0 aliphatic rings. The van der Waals surface area contributed by atoms with E-state index >= 15 is 0 Å². The van der Waals surface area contributed by atoms with Gasteiger partial charge in [0.05, 0.1) is 11.4 Å². The molecule has 0 bridgehead atoms. The van der Waals surface area contributed by atoms with E-state index in [9.17, 15) is 0 Å². The summed E-state index contributed by atoms with van der Waals surface area (Å²) in [5.41, 5.74) is 15.9. The first kappa shape index (κ1) is 38.5. The van der Waals surface area contributed by atoms with Gasteiger partial charge in [0, 0.05) is 70.0 Å². The average molecular weight is 853 g/mol. The summed E-state index contributed by atoms with van der Waals surface area (Å²) in [6, 6.07) is 54.7. The number of fused-ring (bicyclic) bond motifs is 8. The fraction of sp³-hybridized carbons (Fsp3) is 0.0370. The maximum atomic E-state index is 5.51. The highest BCUT2D eigenvalue weighted by Gasteiger charge is 2.24. The van der Waals surface area contributed by atoms with E-state index in [-0.39, 0.29) is 0 Å². The van der Waals surface area contributed by atoms with E-state index < -0.39 is 0 Å². The molecule has 0 saturated heterocycles. The maximum Gasteiger partial charge on any atom is 0.198 e. The van der Waals surface area contributed by atoms with Crippen molar-refractivity contribution in [1.82, 2.24) is 49.8 Å². The molecular formula is C54H36N12. The zero-order valence-corrected chi connectivity index (χ0v) is 35.7. The van der Waals surface area contributed by atoms with E-state index in [4.69, 9.17) is 29.9 Å². The Labute approximate surface area is 378 Å². The van der Waals surface area contributed by atoms with E-state index in [1.54, 1.807) is 24.8 Å². The molecule has 0 spiro atoms. The van der Waals surface area contributed by atoms with Crippen molar-refractivity contribution < 1.29 is 0 Å². The first-order valence-electron chi connectivity index (χ1n) is 21.5. The Balaban J connectivity index is 1.10. The second-order valence-corrected chi connectivity index (χ2v) is 16.0. The Morgan fingerprint density at radius 1 is 0.288 bits per heavy atom. The highest BCUT2D eigenvalue weighted by molar-refractivity contribution is 6.20. The number of aryl methyl sites for hydroxylation is 2. The molecule has 0 unspecified atom stereocenters. The smallest absolute Gasteiger partial charge is 0.198 e. The molecule has 66 heavy (non-hydrogen) atoms. The van der Waals surface area contributed by atoms with E-state index in [0.29, 0.717) is 67.1 Å². The quantitative estimate of drug-likeness (QED) is 0.106. The maximum absolute atomic E-state index is 5.51. The molecule has 12 nitrogen and oxygen atoms in total. The summed E-state index contributed by atoms with van der Waals surface area (Å²) in [5, 5.41) is 0. The third kappa shape index (κ3) is 6.81. The number of benzene rings is 7. The molecule has 0 amide bonds. The first-order valence-corrected chi connectivity index (χ1v) is 21.5. The summed E-state index contributed by atoms with van der Waals surface area (Å²) in [6.45, 7) is 4.22. The molecule has 12 aromatic rings. The Morgan fingerprint density at radius 3 is 0.924 bits per heavy atom. The van der Waals surface area contributed by atoms with E-state index in [2.05, 4.69) is 189 Å². The predicted molar refractivity (Wildman–Crippen MR) is 262 cm³/mol. The van der Waals surface area contributed by atoms with Crippen LogP contribution in [0.5, 0.6) is 0 Å². The minimum Gasteiger partial charge on any atom is -0.310 e. The van der Waals surface area contributed by atoms with E-state index in [1.165, 1.54) is 11.1 Å². The zero-order chi connectivity index (χ0) is 44.1. The molecule has 0 atom stereocenters. The van der Waals surface area contributed by atoms with Gasteiger partial charge in [-0.25, -0.2) is 49.8 Å². The summed E-state index contributed by atoms with van der Waals surface area (Å²) < 4.78 is 0. The number of hydrogen-bond acceptors (Lipinski definition) is 12. The van der Waals surface area contributed by atoms with Crippen molar-refractivity contribution >= 4 is 89.8 Å². The minimum atomic E-state index is 0.374. The van der Waals surface area contributed by atoms with Crippen molar-refractivity contribution in [3.05, 3.63) is 194 Å². The number of rotatable bonds is 8. The van der Waals surface area contributed by atoms with Gasteiger partial charge in [-0.1, -0.05) is 84.9 Å². The van der Waals surface area contributed by atoms with Gasteiger partial charge in [-0.2, -0.15) is 0 Å². The summed E-state index contributed by atoms with van der Waals surface area (Å²) in [4.78, 5) is 53.5. The average Bonchev–Trinajstić information content (AvgIpc) is 3.36. The third-order valence-corrected chi connectivity index (χ3v) is 11.6. The van der Waals surface area contributed by atoms with Crippen molar-refractivity contribution in [2.45, 2.75) is 13.8 Å². The Hall–Kier alpha value is -9.16. The normalized spacial score (nSPS) is 11.5. The van der Waals surface area contributed by atoms with Crippen LogP contribution in [-0.4, -0.2) is 49.8 Å². The van der Waals surface area contributed by atoms with Gasteiger partial charge in [0.25, 0.3) is 0 Å². The lowest BCUT2D eigenvalue weighted by atomic mass is 10.0. The van der Waals surface area contributed by atoms with Gasteiger partial charge in [-0.3, -0.25) is 0 Å². The van der Waals surface area contributed by atoms with E-state index in [1.807, 2.05) is 12.1 Å². The Kier molecular flexibility index (Phi) is 9.27. The summed E-state index contributed by atoms with van der Waals surface area (Å²) in [5.74, 6) is 0. The second-order valence-electron chi connectivity index (χ2n) is 16.0. The number of nitrogens with zero attached hydrogens (tertiary/aromatic N) is 12. The topological polar surface area (TPSA) is 135 Å². The molecule has 0 fully saturated rings. The van der Waals surface area contributed by atoms with Crippen LogP contribution in [-0.2, 0) is 0 Å². The Morgan fingerprint density at radius 2 is 0.591 bits per heavy atom. The SMILES string of the molecule is Cc1cccc(N(c2ccccc2)c2ccc(-c3nc4c(nc3-c3ccc(N(c5ccccc5)c5cccc(C)c5)cc3)c3nc5nccnc5nc3c3nc5nccnc5nc43)cc2)c1. The van der Waals surface area contributed by atoms with Crippen LogP contribution in [0.15, 0.2) is 183 Å². The molecule has 0 radical (unpaired) electrons. The molecule has 0 aliphatic carbocycles. The molecule has 0 saturated carbocycles. The number of anilines is 6. The van der Waals surface area contributed by atoms with Gasteiger partial charge in [0.2, 0.25) is 0 Å². The molecule has 312 valence electrons. The molecule has 5 aromatic heterocycles. The van der Waals surface area contributed by atoms with Gasteiger partial charge >= 0.3 is 0 Å². The molecule has 0 aliphatic heterocycles. The number of hydrogen-bond donors (Lipinski definition) is 0. The van der Waals surface area contributed by atoms with Crippen LogP contribution in [0.1, 0.15) is 11.1 Å². The van der Waals surface area contributed by atoms with Crippen molar-refractivity contribution in [2.75, 3.05) is 9.80 Å². The third-order valence-electron chi connectivity index (χ3n) is 11.6. The molecular weight excluding hydrogens is 817 g/mol. The van der Waals surface area contributed by atoms with Crippen molar-refractivity contribution in [2.24, 2.45) is 0 Å². The Bertz CT molecular complexity index is 3540. The van der Waals surface area contributed by atoms with Crippen LogP contribution in [0, 0.1) is 13.8 Å². The number of aromatic nitrogens is 10. The van der Waals surface area contributed by atoms with Crippen LogP contribution in [0.3, 0.4) is 0 Å². The van der Waals surface area contributed by atoms with Crippen LogP contribution < -0.4 is 9.80 Å². The van der Waals surface area contributed by atoms with Crippen molar-refractivity contribution in [3.63, 3.8) is 0 Å². The summed E-state index contributed by atoms with van der Waals surface area (Å²) in [7, 11) is 0. The van der Waals surface area contributed by atoms with Gasteiger partial charge in [-0.05, 0) is 97.8 Å². The fourth-order valence-electron chi connectivity index (χ4n) is 8.55. The highest BCUT2D eigenvalue weighted by atomic mass is 15.1. The van der Waals surface area contributed by atoms with Crippen LogP contribution in [0.25, 0.3) is 78.2 Å². The van der Waals surface area contributed by atoms with Gasteiger partial charge < -0.3 is 9.80 Å². The van der Waals surface area contributed by atoms with Crippen LogP contribution >= 0.6 is 0 Å². The minimum absolute atomic E-state index is 0.374. The largest absolute Gasteiger partial charge is 0.310 e. The molecule has 5 heterocycles. The first-order chi connectivity index (χ1) is 32.5. The molecule has 0 N–H and O–H groups in total. The lowest BCUT2D eigenvalue weighted by Gasteiger charge is -2.26. The van der Waals surface area contributed by atoms with Crippen molar-refractivity contribution in [1.29, 1.82) is 0 Å². The fourth-order valence-corrected chi connectivity index (χ4v) is 8.55. The van der Waals surface area contributed by atoms with Crippen LogP contribution in [0.4, 0.5) is 34.1 Å². The highest BCUT2D eigenvalue weighted by Crippen LogP contribution is 2.41. The monoisotopic (exact) mass is 852 g/mol. The number of para-hydroxylation sites is 2. The lowest BCUT2D eigenvalue weighted by Crippen LogP contribution is -2.10. The van der Waals surface area contributed by atoms with Crippen molar-refractivity contribution in [3.8, 4) is 22.5 Å². The molecule has 12 rings (SSSR count).